The van der Waals surface area contributed by atoms with Crippen LogP contribution in [0.15, 0.2) is 36.5 Å². The maximum atomic E-state index is 14.6. The lowest BCUT2D eigenvalue weighted by atomic mass is 9.97. The van der Waals surface area contributed by atoms with Crippen molar-refractivity contribution < 1.29 is 9.18 Å². The van der Waals surface area contributed by atoms with E-state index in [1.54, 1.807) is 12.1 Å². The number of nitrogens with zero attached hydrogens (tertiary/aromatic N) is 2. The molecule has 0 radical (unpaired) electrons. The number of pyridine rings is 1. The number of ketones is 1. The van der Waals surface area contributed by atoms with Crippen molar-refractivity contribution in [3.63, 3.8) is 0 Å². The highest BCUT2D eigenvalue weighted by molar-refractivity contribution is 6.08. The second-order valence-electron chi connectivity index (χ2n) is 5.45. The van der Waals surface area contributed by atoms with Gasteiger partial charge in [0.25, 0.3) is 0 Å². The Hall–Kier alpha value is -2.58. The van der Waals surface area contributed by atoms with Crippen LogP contribution in [0.25, 0.3) is 0 Å². The molecule has 4 nitrogen and oxygen atoms in total. The Bertz CT molecular complexity index is 760. The van der Waals surface area contributed by atoms with Crippen molar-refractivity contribution in [3.8, 4) is 6.07 Å². The molecule has 110 valence electrons. The summed E-state index contributed by atoms with van der Waals surface area (Å²) in [4.78, 5) is 16.3. The fourth-order valence-corrected chi connectivity index (χ4v) is 2.42. The molecule has 0 saturated heterocycles. The van der Waals surface area contributed by atoms with Gasteiger partial charge in [-0.1, -0.05) is 12.1 Å². The van der Waals surface area contributed by atoms with Gasteiger partial charge in [-0.3, -0.25) is 9.78 Å². The topological polar surface area (TPSA) is 79.8 Å². The van der Waals surface area contributed by atoms with E-state index < -0.39 is 11.6 Å². The number of aromatic nitrogens is 1. The normalized spacial score (nSPS) is 15.1. The van der Waals surface area contributed by atoms with Gasteiger partial charge in [0.1, 0.15) is 17.6 Å². The Morgan fingerprint density at radius 3 is 2.73 bits per heavy atom. The van der Waals surface area contributed by atoms with E-state index in [2.05, 4.69) is 4.98 Å². The monoisotopic (exact) mass is 295 g/mol. The third kappa shape index (κ3) is 2.61. The molecule has 1 aromatic heterocycles. The van der Waals surface area contributed by atoms with E-state index in [1.807, 2.05) is 6.07 Å². The van der Waals surface area contributed by atoms with E-state index in [9.17, 15) is 9.18 Å². The molecule has 5 heteroatoms. The van der Waals surface area contributed by atoms with Crippen LogP contribution >= 0.6 is 0 Å². The molecular weight excluding hydrogens is 281 g/mol. The van der Waals surface area contributed by atoms with Crippen LogP contribution in [-0.4, -0.2) is 10.8 Å². The Kier molecular flexibility index (Phi) is 3.70. The van der Waals surface area contributed by atoms with Crippen LogP contribution in [0.4, 0.5) is 4.39 Å². The first-order chi connectivity index (χ1) is 10.6. The van der Waals surface area contributed by atoms with Crippen molar-refractivity contribution in [1.29, 1.82) is 5.26 Å². The van der Waals surface area contributed by atoms with Crippen molar-refractivity contribution >= 4 is 5.78 Å². The van der Waals surface area contributed by atoms with Crippen LogP contribution in [0.5, 0.6) is 0 Å². The largest absolute Gasteiger partial charge is 0.324 e. The van der Waals surface area contributed by atoms with Crippen molar-refractivity contribution in [2.45, 2.75) is 18.9 Å². The van der Waals surface area contributed by atoms with E-state index in [4.69, 9.17) is 11.0 Å². The zero-order valence-electron chi connectivity index (χ0n) is 11.8. The van der Waals surface area contributed by atoms with E-state index >= 15 is 0 Å². The molecule has 1 heterocycles. The van der Waals surface area contributed by atoms with Crippen LogP contribution in [0.2, 0.25) is 0 Å². The highest BCUT2D eigenvalue weighted by Crippen LogP contribution is 2.40. The lowest BCUT2D eigenvalue weighted by Gasteiger charge is -2.13. The Labute approximate surface area is 127 Å². The number of carbonyl (C=O) groups excluding carboxylic acids is 1. The van der Waals surface area contributed by atoms with E-state index in [1.165, 1.54) is 24.4 Å². The maximum absolute atomic E-state index is 14.6. The number of halogens is 1. The third-order valence-electron chi connectivity index (χ3n) is 3.89. The zero-order chi connectivity index (χ0) is 15.7. The van der Waals surface area contributed by atoms with Gasteiger partial charge >= 0.3 is 0 Å². The van der Waals surface area contributed by atoms with Gasteiger partial charge in [-0.15, -0.1) is 0 Å². The summed E-state index contributed by atoms with van der Waals surface area (Å²) in [5, 5.41) is 8.73. The number of hydrogen-bond acceptors (Lipinski definition) is 4. The molecule has 2 N–H and O–H groups in total. The van der Waals surface area contributed by atoms with E-state index in [0.717, 1.165) is 12.8 Å². The Balaban J connectivity index is 1.95. The van der Waals surface area contributed by atoms with Crippen molar-refractivity contribution in [3.05, 3.63) is 64.7 Å². The lowest BCUT2D eigenvalue weighted by molar-refractivity contribution is 0.103. The SMILES string of the molecule is N#Cc1ccc(C(=O)c2cccc([C@H](N)C3CC3)c2F)nc1. The molecule has 3 rings (SSSR count). The first-order valence-corrected chi connectivity index (χ1v) is 7.06. The Morgan fingerprint density at radius 1 is 1.36 bits per heavy atom. The van der Waals surface area contributed by atoms with Crippen LogP contribution in [0, 0.1) is 23.1 Å². The van der Waals surface area contributed by atoms with Gasteiger partial charge in [-0.05, 0) is 37.0 Å². The first-order valence-electron chi connectivity index (χ1n) is 7.06. The molecule has 1 saturated carbocycles. The number of nitrogens with two attached hydrogens (primary N) is 1. The predicted octanol–water partition coefficient (Wildman–Crippen LogP) is 2.73. The third-order valence-corrected chi connectivity index (χ3v) is 3.89. The molecule has 0 aliphatic heterocycles. The average molecular weight is 295 g/mol. The fourth-order valence-electron chi connectivity index (χ4n) is 2.42. The summed E-state index contributed by atoms with van der Waals surface area (Å²) >= 11 is 0. The van der Waals surface area contributed by atoms with E-state index in [0.29, 0.717) is 17.0 Å². The van der Waals surface area contributed by atoms with Gasteiger partial charge in [-0.25, -0.2) is 4.39 Å². The zero-order valence-corrected chi connectivity index (χ0v) is 11.8. The first kappa shape index (κ1) is 14.4. The van der Waals surface area contributed by atoms with Gasteiger partial charge in [-0.2, -0.15) is 5.26 Å². The summed E-state index contributed by atoms with van der Waals surface area (Å²) in [6, 6.07) is 9.15. The van der Waals surface area contributed by atoms with Crippen LogP contribution in [0.3, 0.4) is 0 Å². The predicted molar refractivity (Wildman–Crippen MR) is 78.4 cm³/mol. The van der Waals surface area contributed by atoms with Gasteiger partial charge in [0.05, 0.1) is 11.1 Å². The quantitative estimate of drug-likeness (QED) is 0.879. The molecule has 0 amide bonds. The summed E-state index contributed by atoms with van der Waals surface area (Å²) in [5.74, 6) is -0.780. The summed E-state index contributed by atoms with van der Waals surface area (Å²) in [6.07, 6.45) is 3.29. The molecule has 0 bridgehead atoms. The molecule has 1 aromatic carbocycles. The summed E-state index contributed by atoms with van der Waals surface area (Å²) in [7, 11) is 0. The molecule has 22 heavy (non-hydrogen) atoms. The molecule has 1 fully saturated rings. The maximum Gasteiger partial charge on any atom is 0.214 e. The highest BCUT2D eigenvalue weighted by atomic mass is 19.1. The van der Waals surface area contributed by atoms with E-state index in [-0.39, 0.29) is 17.3 Å². The minimum atomic E-state index is -0.571. The molecule has 0 unspecified atom stereocenters. The number of benzene rings is 1. The van der Waals surface area contributed by atoms with Crippen molar-refractivity contribution in [2.24, 2.45) is 11.7 Å². The number of nitriles is 1. The standard InChI is InChI=1S/C17H14FN3O/c18-15-12(16(20)11-5-6-11)2-1-3-13(15)17(22)14-7-4-10(8-19)9-21-14/h1-4,7,9,11,16H,5-6,20H2/t16-/m1/s1. The summed E-state index contributed by atoms with van der Waals surface area (Å²) in [5.41, 5.74) is 6.84. The number of carbonyl (C=O) groups is 1. The van der Waals surface area contributed by atoms with Crippen molar-refractivity contribution in [1.82, 2.24) is 4.98 Å². The highest BCUT2D eigenvalue weighted by Gasteiger charge is 2.32. The van der Waals surface area contributed by atoms with Gasteiger partial charge in [0, 0.05) is 17.8 Å². The van der Waals surface area contributed by atoms with Gasteiger partial charge in [0.15, 0.2) is 0 Å². The van der Waals surface area contributed by atoms with Gasteiger partial charge < -0.3 is 5.73 Å². The molecule has 1 aliphatic carbocycles. The second kappa shape index (κ2) is 5.66. The smallest absolute Gasteiger partial charge is 0.214 e. The molecule has 2 aromatic rings. The number of hydrogen-bond donors (Lipinski definition) is 1. The second-order valence-corrected chi connectivity index (χ2v) is 5.45. The lowest BCUT2D eigenvalue weighted by Crippen LogP contribution is -2.17. The minimum absolute atomic E-state index is 0.0363. The minimum Gasteiger partial charge on any atom is -0.324 e. The fraction of sp³-hybridized carbons (Fsp3) is 0.235. The summed E-state index contributed by atoms with van der Waals surface area (Å²) < 4.78 is 14.6. The summed E-state index contributed by atoms with van der Waals surface area (Å²) in [6.45, 7) is 0. The van der Waals surface area contributed by atoms with Crippen molar-refractivity contribution in [2.75, 3.05) is 0 Å². The molecule has 0 spiro atoms. The van der Waals surface area contributed by atoms with Gasteiger partial charge in [0.2, 0.25) is 5.78 Å². The average Bonchev–Trinajstić information content (AvgIpc) is 3.39. The Morgan fingerprint density at radius 2 is 2.14 bits per heavy atom. The number of rotatable bonds is 4. The molecule has 1 aliphatic rings. The van der Waals surface area contributed by atoms with Crippen LogP contribution < -0.4 is 5.73 Å². The van der Waals surface area contributed by atoms with Crippen LogP contribution in [-0.2, 0) is 0 Å². The molecular formula is C17H14FN3O. The molecule has 1 atom stereocenters. The van der Waals surface area contributed by atoms with Crippen LogP contribution in [0.1, 0.15) is 46.1 Å².